The highest BCUT2D eigenvalue weighted by Crippen LogP contribution is 2.10. The molecular weight excluding hydrogens is 161 g/mol. The Morgan fingerprint density at radius 1 is 1.50 bits per heavy atom. The molecule has 0 spiro atoms. The van der Waals surface area contributed by atoms with Crippen molar-refractivity contribution in [2.75, 3.05) is 7.05 Å². The summed E-state index contributed by atoms with van der Waals surface area (Å²) in [4.78, 5) is 12.0. The lowest BCUT2D eigenvalue weighted by atomic mass is 10.2. The topological polar surface area (TPSA) is 29.5 Å². The summed E-state index contributed by atoms with van der Waals surface area (Å²) in [5.74, 6) is 0. The van der Waals surface area contributed by atoms with E-state index in [0.29, 0.717) is 0 Å². The van der Waals surface area contributed by atoms with Gasteiger partial charge in [0.15, 0.2) is 6.30 Å². The van der Waals surface area contributed by atoms with Crippen molar-refractivity contribution in [3.8, 4) is 0 Å². The molecule has 0 saturated carbocycles. The van der Waals surface area contributed by atoms with E-state index < -0.39 is 18.0 Å². The van der Waals surface area contributed by atoms with Crippen molar-refractivity contribution in [3.05, 3.63) is 0 Å². The Hall–Kier alpha value is -0.800. The number of carbonyl (C=O) groups is 1. The van der Waals surface area contributed by atoms with Crippen molar-refractivity contribution >= 4 is 6.09 Å². The molecule has 4 heteroatoms. The van der Waals surface area contributed by atoms with Crippen LogP contribution in [0.3, 0.4) is 0 Å². The SMILES string of the molecule is CC(F)N(C)C(=O)OC(C)(C)C. The molecule has 12 heavy (non-hydrogen) atoms. The maximum absolute atomic E-state index is 12.5. The molecule has 1 amide bonds. The summed E-state index contributed by atoms with van der Waals surface area (Å²) < 4.78 is 17.5. The van der Waals surface area contributed by atoms with Gasteiger partial charge in [0, 0.05) is 7.05 Å². The fraction of sp³-hybridized carbons (Fsp3) is 0.875. The molecule has 0 saturated heterocycles. The van der Waals surface area contributed by atoms with Gasteiger partial charge in [0.2, 0.25) is 0 Å². The molecule has 0 aromatic carbocycles. The number of alkyl halides is 1. The van der Waals surface area contributed by atoms with Crippen LogP contribution in [-0.2, 0) is 4.74 Å². The third kappa shape index (κ3) is 4.16. The average molecular weight is 177 g/mol. The van der Waals surface area contributed by atoms with Crippen LogP contribution in [0.4, 0.5) is 9.18 Å². The maximum Gasteiger partial charge on any atom is 0.412 e. The maximum atomic E-state index is 12.5. The molecule has 72 valence electrons. The van der Waals surface area contributed by atoms with Crippen LogP contribution >= 0.6 is 0 Å². The highest BCUT2D eigenvalue weighted by Gasteiger charge is 2.22. The van der Waals surface area contributed by atoms with Crippen molar-refractivity contribution in [2.24, 2.45) is 0 Å². The van der Waals surface area contributed by atoms with Gasteiger partial charge in [0.25, 0.3) is 0 Å². The molecule has 0 aromatic heterocycles. The highest BCUT2D eigenvalue weighted by atomic mass is 19.1. The molecule has 1 atom stereocenters. The lowest BCUT2D eigenvalue weighted by Crippen LogP contribution is -2.37. The molecule has 0 aromatic rings. The Bertz CT molecular complexity index is 163. The first-order valence-corrected chi connectivity index (χ1v) is 3.84. The van der Waals surface area contributed by atoms with Gasteiger partial charge in [0.1, 0.15) is 5.60 Å². The van der Waals surface area contributed by atoms with Crippen LogP contribution < -0.4 is 0 Å². The van der Waals surface area contributed by atoms with Crippen molar-refractivity contribution in [3.63, 3.8) is 0 Å². The van der Waals surface area contributed by atoms with E-state index >= 15 is 0 Å². The summed E-state index contributed by atoms with van der Waals surface area (Å²) in [5.41, 5.74) is -0.569. The number of hydrogen-bond acceptors (Lipinski definition) is 2. The first-order chi connectivity index (χ1) is 5.24. The molecule has 0 radical (unpaired) electrons. The summed E-state index contributed by atoms with van der Waals surface area (Å²) in [6.07, 6.45) is -1.96. The fourth-order valence-electron chi connectivity index (χ4n) is 0.479. The number of rotatable bonds is 1. The van der Waals surface area contributed by atoms with Gasteiger partial charge < -0.3 is 4.74 Å². The highest BCUT2D eigenvalue weighted by molar-refractivity contribution is 5.67. The van der Waals surface area contributed by atoms with Crippen LogP contribution in [0.25, 0.3) is 0 Å². The van der Waals surface area contributed by atoms with Crippen LogP contribution in [0.15, 0.2) is 0 Å². The summed E-state index contributed by atoms with van der Waals surface area (Å²) in [7, 11) is 1.36. The minimum absolute atomic E-state index is 0.569. The van der Waals surface area contributed by atoms with E-state index in [-0.39, 0.29) is 0 Å². The minimum atomic E-state index is -1.32. The lowest BCUT2D eigenvalue weighted by Gasteiger charge is -2.25. The number of nitrogens with zero attached hydrogens (tertiary/aromatic N) is 1. The molecule has 0 heterocycles. The number of halogens is 1. The molecule has 0 rings (SSSR count). The van der Waals surface area contributed by atoms with Crippen molar-refractivity contribution in [1.82, 2.24) is 4.90 Å². The third-order valence-corrected chi connectivity index (χ3v) is 1.22. The standard InChI is InChI=1S/C8H16FNO2/c1-6(9)10(5)7(11)12-8(2,3)4/h6H,1-5H3. The van der Waals surface area contributed by atoms with Gasteiger partial charge in [-0.05, 0) is 27.7 Å². The van der Waals surface area contributed by atoms with Gasteiger partial charge in [-0.1, -0.05) is 0 Å². The molecule has 0 aliphatic carbocycles. The van der Waals surface area contributed by atoms with Gasteiger partial charge in [-0.15, -0.1) is 0 Å². The summed E-state index contributed by atoms with van der Waals surface area (Å²) >= 11 is 0. The Morgan fingerprint density at radius 2 is 1.92 bits per heavy atom. The predicted octanol–water partition coefficient (Wildman–Crippen LogP) is 2.17. The van der Waals surface area contributed by atoms with E-state index in [0.717, 1.165) is 4.90 Å². The van der Waals surface area contributed by atoms with Gasteiger partial charge in [-0.3, -0.25) is 4.90 Å². The van der Waals surface area contributed by atoms with Crippen LogP contribution in [0.2, 0.25) is 0 Å². The monoisotopic (exact) mass is 177 g/mol. The average Bonchev–Trinajstić information content (AvgIpc) is 1.82. The predicted molar refractivity (Wildman–Crippen MR) is 44.6 cm³/mol. The first-order valence-electron chi connectivity index (χ1n) is 3.84. The number of ether oxygens (including phenoxy) is 1. The van der Waals surface area contributed by atoms with Crippen molar-refractivity contribution < 1.29 is 13.9 Å². The molecule has 1 unspecified atom stereocenters. The summed E-state index contributed by atoms with van der Waals surface area (Å²) in [6, 6.07) is 0. The second-order valence-corrected chi connectivity index (χ2v) is 3.67. The Kier molecular flexibility index (Phi) is 3.49. The summed E-state index contributed by atoms with van der Waals surface area (Å²) in [6.45, 7) is 6.49. The van der Waals surface area contributed by atoms with Crippen molar-refractivity contribution in [1.29, 1.82) is 0 Å². The molecule has 3 nitrogen and oxygen atoms in total. The molecule has 0 bridgehead atoms. The molecule has 0 aliphatic rings. The Morgan fingerprint density at radius 3 is 2.17 bits per heavy atom. The quantitative estimate of drug-likeness (QED) is 0.574. The van der Waals surface area contributed by atoms with E-state index in [1.54, 1.807) is 20.8 Å². The molecule has 0 aliphatic heterocycles. The van der Waals surface area contributed by atoms with Gasteiger partial charge in [-0.25, -0.2) is 9.18 Å². The number of hydrogen-bond donors (Lipinski definition) is 0. The zero-order chi connectivity index (χ0) is 9.94. The largest absolute Gasteiger partial charge is 0.444 e. The third-order valence-electron chi connectivity index (χ3n) is 1.22. The van der Waals surface area contributed by atoms with Crippen molar-refractivity contribution in [2.45, 2.75) is 39.6 Å². The Balaban J connectivity index is 4.05. The summed E-state index contributed by atoms with van der Waals surface area (Å²) in [5, 5.41) is 0. The van der Waals surface area contributed by atoms with E-state index in [1.165, 1.54) is 14.0 Å². The zero-order valence-corrected chi connectivity index (χ0v) is 8.22. The van der Waals surface area contributed by atoms with E-state index in [1.807, 2.05) is 0 Å². The fourth-order valence-corrected chi connectivity index (χ4v) is 0.479. The molecule has 0 fully saturated rings. The van der Waals surface area contributed by atoms with Gasteiger partial charge in [0.05, 0.1) is 0 Å². The second-order valence-electron chi connectivity index (χ2n) is 3.67. The van der Waals surface area contributed by atoms with Gasteiger partial charge >= 0.3 is 6.09 Å². The van der Waals surface area contributed by atoms with E-state index in [9.17, 15) is 9.18 Å². The van der Waals surface area contributed by atoms with E-state index in [2.05, 4.69) is 0 Å². The van der Waals surface area contributed by atoms with Crippen LogP contribution in [0, 0.1) is 0 Å². The zero-order valence-electron chi connectivity index (χ0n) is 8.22. The van der Waals surface area contributed by atoms with E-state index in [4.69, 9.17) is 4.74 Å². The normalized spacial score (nSPS) is 13.8. The van der Waals surface area contributed by atoms with Crippen LogP contribution in [0.5, 0.6) is 0 Å². The lowest BCUT2D eigenvalue weighted by molar-refractivity contribution is 0.00912. The first kappa shape index (κ1) is 11.2. The second kappa shape index (κ2) is 3.74. The molecular formula is C8H16FNO2. The number of carbonyl (C=O) groups excluding carboxylic acids is 1. The molecule has 0 N–H and O–H groups in total. The van der Waals surface area contributed by atoms with Crippen LogP contribution in [0.1, 0.15) is 27.7 Å². The minimum Gasteiger partial charge on any atom is -0.444 e. The Labute approximate surface area is 72.5 Å². The number of amides is 1. The smallest absolute Gasteiger partial charge is 0.412 e. The van der Waals surface area contributed by atoms with Gasteiger partial charge in [-0.2, -0.15) is 0 Å². The van der Waals surface area contributed by atoms with Crippen LogP contribution in [-0.4, -0.2) is 29.9 Å².